The highest BCUT2D eigenvalue weighted by Gasteiger charge is 1.98. The molecule has 0 saturated heterocycles. The summed E-state index contributed by atoms with van der Waals surface area (Å²) < 4.78 is 4.99. The molecule has 0 bridgehead atoms. The van der Waals surface area contributed by atoms with E-state index in [9.17, 15) is 4.79 Å². The van der Waals surface area contributed by atoms with Crippen LogP contribution in [0.4, 0.5) is 5.69 Å². The minimum Gasteiger partial charge on any atom is -0.495 e. The van der Waals surface area contributed by atoms with Crippen LogP contribution in [0.15, 0.2) is 24.3 Å². The molecule has 0 aliphatic heterocycles. The van der Waals surface area contributed by atoms with E-state index in [1.54, 1.807) is 18.2 Å². The molecule has 74 valence electrons. The number of benzene rings is 1. The van der Waals surface area contributed by atoms with E-state index in [-0.39, 0.29) is 0 Å². The first-order valence-electron chi connectivity index (χ1n) is 3.98. The molecule has 0 heterocycles. The van der Waals surface area contributed by atoms with Gasteiger partial charge in [-0.1, -0.05) is 6.07 Å². The summed E-state index contributed by atoms with van der Waals surface area (Å²) in [6.07, 6.45) is 2.54. The number of rotatable bonds is 3. The lowest BCUT2D eigenvalue weighted by Gasteiger charge is -2.04. The number of carbonyl (C=O) groups is 1. The predicted octanol–water partition coefficient (Wildman–Crippen LogP) is 1.38. The second-order valence-corrected chi connectivity index (χ2v) is 2.67. The number of aliphatic carboxylic acids is 1. The number of nitrogens with two attached hydrogens (primary N) is 1. The van der Waals surface area contributed by atoms with Crippen LogP contribution in [0.3, 0.4) is 0 Å². The number of hydrogen-bond acceptors (Lipinski definition) is 3. The van der Waals surface area contributed by atoms with Gasteiger partial charge in [0.15, 0.2) is 0 Å². The molecular weight excluding hydrogens is 182 g/mol. The van der Waals surface area contributed by atoms with Crippen molar-refractivity contribution in [3.63, 3.8) is 0 Å². The molecule has 1 aromatic carbocycles. The number of methoxy groups -OCH3 is 1. The third-order valence-electron chi connectivity index (χ3n) is 1.68. The number of carboxylic acid groups (broad SMARTS) is 1. The van der Waals surface area contributed by atoms with Gasteiger partial charge in [0.1, 0.15) is 5.75 Å². The Kier molecular flexibility index (Phi) is 3.12. The molecule has 0 radical (unpaired) electrons. The quantitative estimate of drug-likeness (QED) is 0.561. The summed E-state index contributed by atoms with van der Waals surface area (Å²) in [6, 6.07) is 5.06. The highest BCUT2D eigenvalue weighted by Crippen LogP contribution is 2.22. The second kappa shape index (κ2) is 4.32. The Morgan fingerprint density at radius 1 is 1.57 bits per heavy atom. The number of nitrogen functional groups attached to an aromatic ring is 1. The lowest BCUT2D eigenvalue weighted by atomic mass is 10.2. The smallest absolute Gasteiger partial charge is 0.328 e. The lowest BCUT2D eigenvalue weighted by Crippen LogP contribution is -1.92. The van der Waals surface area contributed by atoms with E-state index in [1.807, 2.05) is 0 Å². The number of ether oxygens (including phenoxy) is 1. The van der Waals surface area contributed by atoms with Crippen LogP contribution in [0, 0.1) is 0 Å². The predicted molar refractivity (Wildman–Crippen MR) is 54.1 cm³/mol. The van der Waals surface area contributed by atoms with Crippen molar-refractivity contribution in [1.29, 1.82) is 0 Å². The third-order valence-corrected chi connectivity index (χ3v) is 1.68. The Labute approximate surface area is 81.6 Å². The Morgan fingerprint density at radius 2 is 2.29 bits per heavy atom. The molecule has 4 heteroatoms. The molecule has 1 rings (SSSR count). The molecule has 0 saturated carbocycles. The van der Waals surface area contributed by atoms with Crippen molar-refractivity contribution in [2.45, 2.75) is 0 Å². The van der Waals surface area contributed by atoms with Crippen molar-refractivity contribution in [2.75, 3.05) is 12.8 Å². The molecule has 4 nitrogen and oxygen atoms in total. The Balaban J connectivity index is 2.95. The highest BCUT2D eigenvalue weighted by molar-refractivity contribution is 5.85. The first kappa shape index (κ1) is 10.1. The fourth-order valence-electron chi connectivity index (χ4n) is 0.999. The minimum absolute atomic E-state index is 0.528. The topological polar surface area (TPSA) is 72.5 Å². The zero-order valence-electron chi connectivity index (χ0n) is 7.73. The Bertz CT molecular complexity index is 372. The molecule has 0 unspecified atom stereocenters. The summed E-state index contributed by atoms with van der Waals surface area (Å²) in [5, 5.41) is 8.41. The normalized spacial score (nSPS) is 10.4. The lowest BCUT2D eigenvalue weighted by molar-refractivity contribution is -0.131. The molecule has 0 aromatic heterocycles. The number of carboxylic acids is 1. The van der Waals surface area contributed by atoms with Gasteiger partial charge in [-0.25, -0.2) is 4.79 Å². The first-order valence-corrected chi connectivity index (χ1v) is 3.98. The maximum atomic E-state index is 10.3. The van der Waals surface area contributed by atoms with Crippen molar-refractivity contribution >= 4 is 17.7 Å². The van der Waals surface area contributed by atoms with Crippen LogP contribution >= 0.6 is 0 Å². The van der Waals surface area contributed by atoms with E-state index < -0.39 is 5.97 Å². The van der Waals surface area contributed by atoms with Gasteiger partial charge in [-0.15, -0.1) is 0 Å². The number of hydrogen-bond donors (Lipinski definition) is 2. The average molecular weight is 193 g/mol. The van der Waals surface area contributed by atoms with Crippen LogP contribution in [0.25, 0.3) is 6.08 Å². The van der Waals surface area contributed by atoms with E-state index in [0.717, 1.165) is 11.6 Å². The maximum Gasteiger partial charge on any atom is 0.328 e. The minimum atomic E-state index is -0.985. The summed E-state index contributed by atoms with van der Waals surface area (Å²) in [6.45, 7) is 0. The van der Waals surface area contributed by atoms with Crippen LogP contribution in [-0.2, 0) is 4.79 Å². The van der Waals surface area contributed by atoms with Gasteiger partial charge in [-0.2, -0.15) is 0 Å². The van der Waals surface area contributed by atoms with Crippen molar-refractivity contribution in [3.8, 4) is 5.75 Å². The van der Waals surface area contributed by atoms with E-state index in [4.69, 9.17) is 15.6 Å². The largest absolute Gasteiger partial charge is 0.495 e. The average Bonchev–Trinajstić information content (AvgIpc) is 2.16. The van der Waals surface area contributed by atoms with Crippen molar-refractivity contribution in [2.24, 2.45) is 0 Å². The van der Waals surface area contributed by atoms with Gasteiger partial charge in [0.2, 0.25) is 0 Å². The van der Waals surface area contributed by atoms with Gasteiger partial charge in [0, 0.05) is 6.08 Å². The molecule has 0 atom stereocenters. The van der Waals surface area contributed by atoms with Crippen molar-refractivity contribution in [1.82, 2.24) is 0 Å². The highest BCUT2D eigenvalue weighted by atomic mass is 16.5. The van der Waals surface area contributed by atoms with E-state index >= 15 is 0 Å². The van der Waals surface area contributed by atoms with E-state index in [2.05, 4.69) is 0 Å². The monoisotopic (exact) mass is 193 g/mol. The summed E-state index contributed by atoms with van der Waals surface area (Å²) in [7, 11) is 1.51. The van der Waals surface area contributed by atoms with Gasteiger partial charge < -0.3 is 15.6 Å². The fraction of sp³-hybridized carbons (Fsp3) is 0.100. The Hall–Kier alpha value is -1.97. The van der Waals surface area contributed by atoms with Crippen molar-refractivity contribution < 1.29 is 14.6 Å². The maximum absolute atomic E-state index is 10.3. The van der Waals surface area contributed by atoms with E-state index in [1.165, 1.54) is 13.2 Å². The standard InChI is InChI=1S/C10H11NO3/c1-14-9-6-7(2-4-8(9)11)3-5-10(12)13/h2-6H,11H2,1H3,(H,12,13). The molecule has 0 aliphatic rings. The van der Waals surface area contributed by atoms with Gasteiger partial charge in [-0.05, 0) is 23.8 Å². The summed E-state index contributed by atoms with van der Waals surface area (Å²) >= 11 is 0. The molecule has 0 spiro atoms. The molecule has 14 heavy (non-hydrogen) atoms. The molecular formula is C10H11NO3. The molecule has 3 N–H and O–H groups in total. The van der Waals surface area contributed by atoms with Crippen LogP contribution in [-0.4, -0.2) is 18.2 Å². The van der Waals surface area contributed by atoms with Gasteiger partial charge in [0.05, 0.1) is 12.8 Å². The van der Waals surface area contributed by atoms with Gasteiger partial charge in [0.25, 0.3) is 0 Å². The fourth-order valence-corrected chi connectivity index (χ4v) is 0.999. The SMILES string of the molecule is COc1cc(C=CC(=O)O)ccc1N. The van der Waals surface area contributed by atoms with Crippen LogP contribution in [0.1, 0.15) is 5.56 Å². The van der Waals surface area contributed by atoms with Crippen LogP contribution in [0.5, 0.6) is 5.75 Å². The van der Waals surface area contributed by atoms with Crippen molar-refractivity contribution in [3.05, 3.63) is 29.8 Å². The van der Waals surface area contributed by atoms with Gasteiger partial charge in [-0.3, -0.25) is 0 Å². The molecule has 0 aliphatic carbocycles. The summed E-state index contributed by atoms with van der Waals surface area (Å²) in [5.41, 5.74) is 6.85. The van der Waals surface area contributed by atoms with Crippen LogP contribution < -0.4 is 10.5 Å². The molecule has 1 aromatic rings. The molecule has 0 fully saturated rings. The van der Waals surface area contributed by atoms with Gasteiger partial charge >= 0.3 is 5.97 Å². The summed E-state index contributed by atoms with van der Waals surface area (Å²) in [5.74, 6) is -0.446. The second-order valence-electron chi connectivity index (χ2n) is 2.67. The third kappa shape index (κ3) is 2.52. The number of anilines is 1. The van der Waals surface area contributed by atoms with Crippen LogP contribution in [0.2, 0.25) is 0 Å². The zero-order chi connectivity index (χ0) is 10.6. The zero-order valence-corrected chi connectivity index (χ0v) is 7.73. The van der Waals surface area contributed by atoms with E-state index in [0.29, 0.717) is 11.4 Å². The molecule has 0 amide bonds. The summed E-state index contributed by atoms with van der Waals surface area (Å²) in [4.78, 5) is 10.3. The first-order chi connectivity index (χ1) is 6.63. The Morgan fingerprint density at radius 3 is 2.86 bits per heavy atom.